The molecule has 1 saturated heterocycles. The van der Waals surface area contributed by atoms with Gasteiger partial charge in [0.05, 0.1) is 5.56 Å². The van der Waals surface area contributed by atoms with Crippen molar-refractivity contribution in [3.05, 3.63) is 35.4 Å². The van der Waals surface area contributed by atoms with Gasteiger partial charge in [-0.25, -0.2) is 0 Å². The molecule has 0 unspecified atom stereocenters. The minimum atomic E-state index is -4.30. The Bertz CT molecular complexity index is 584. The zero-order valence-electron chi connectivity index (χ0n) is 16.6. The van der Waals surface area contributed by atoms with Crippen molar-refractivity contribution in [1.82, 2.24) is 20.4 Å². The monoisotopic (exact) mass is 513 g/mol. The first kappa shape index (κ1) is 25.0. The van der Waals surface area contributed by atoms with E-state index in [9.17, 15) is 13.2 Å². The van der Waals surface area contributed by atoms with Gasteiger partial charge in [-0.1, -0.05) is 12.1 Å². The number of alkyl halides is 3. The lowest BCUT2D eigenvalue weighted by Gasteiger charge is -2.32. The number of likely N-dealkylation sites (N-methyl/N-ethyl adjacent to an activating group) is 1. The van der Waals surface area contributed by atoms with E-state index < -0.39 is 11.7 Å². The summed E-state index contributed by atoms with van der Waals surface area (Å²) in [7, 11) is 3.84. The predicted octanol–water partition coefficient (Wildman–Crippen LogP) is 3.02. The van der Waals surface area contributed by atoms with Crippen molar-refractivity contribution < 1.29 is 13.2 Å². The molecule has 1 aliphatic rings. The quantitative estimate of drug-likeness (QED) is 0.255. The second-order valence-corrected chi connectivity index (χ2v) is 6.90. The molecular formula is C19H31F3IN5. The second-order valence-electron chi connectivity index (χ2n) is 6.90. The zero-order chi connectivity index (χ0) is 19.7. The van der Waals surface area contributed by atoms with Gasteiger partial charge in [0.25, 0.3) is 0 Å². The van der Waals surface area contributed by atoms with E-state index in [4.69, 9.17) is 0 Å². The van der Waals surface area contributed by atoms with Gasteiger partial charge >= 0.3 is 6.18 Å². The van der Waals surface area contributed by atoms with Crippen LogP contribution in [0, 0.1) is 0 Å². The number of nitrogens with zero attached hydrogens (tertiary/aromatic N) is 3. The minimum absolute atomic E-state index is 0. The summed E-state index contributed by atoms with van der Waals surface area (Å²) >= 11 is 0. The highest BCUT2D eigenvalue weighted by molar-refractivity contribution is 14.0. The van der Waals surface area contributed by atoms with E-state index in [1.165, 1.54) is 12.1 Å². The summed E-state index contributed by atoms with van der Waals surface area (Å²) < 4.78 is 37.7. The summed E-state index contributed by atoms with van der Waals surface area (Å²) in [4.78, 5) is 9.00. The number of unbranched alkanes of at least 4 members (excludes halogenated alkanes) is 1. The van der Waals surface area contributed by atoms with Crippen LogP contribution in [0.2, 0.25) is 0 Å². The number of nitrogens with one attached hydrogen (secondary N) is 2. The number of benzene rings is 1. The fourth-order valence-corrected chi connectivity index (χ4v) is 2.96. The summed E-state index contributed by atoms with van der Waals surface area (Å²) in [5.41, 5.74) is 0.148. The van der Waals surface area contributed by atoms with Crippen molar-refractivity contribution in [1.29, 1.82) is 0 Å². The topological polar surface area (TPSA) is 42.9 Å². The third-order valence-electron chi connectivity index (χ3n) is 4.75. The smallest absolute Gasteiger partial charge is 0.356 e. The van der Waals surface area contributed by atoms with Gasteiger partial charge in [-0.3, -0.25) is 4.99 Å². The van der Waals surface area contributed by atoms with Gasteiger partial charge in [-0.2, -0.15) is 13.2 Å². The number of rotatable bonds is 7. The normalized spacial score (nSPS) is 16.5. The fourth-order valence-electron chi connectivity index (χ4n) is 2.96. The molecule has 0 aliphatic carbocycles. The van der Waals surface area contributed by atoms with Crippen molar-refractivity contribution in [2.24, 2.45) is 4.99 Å². The van der Waals surface area contributed by atoms with E-state index >= 15 is 0 Å². The lowest BCUT2D eigenvalue weighted by atomic mass is 10.1. The van der Waals surface area contributed by atoms with Crippen LogP contribution < -0.4 is 10.6 Å². The Morgan fingerprint density at radius 2 is 1.68 bits per heavy atom. The van der Waals surface area contributed by atoms with Crippen molar-refractivity contribution >= 4 is 29.9 Å². The standard InChI is InChI=1S/C19H30F3N5.HI/c1-23-18(24-9-3-4-10-27-13-11-26(2)12-14-27)25-15-16-5-7-17(8-6-16)19(20,21)22;/h5-8H,3-4,9-15H2,1-2H3,(H2,23,24,25);1H. The molecule has 0 radical (unpaired) electrons. The zero-order valence-corrected chi connectivity index (χ0v) is 18.9. The van der Waals surface area contributed by atoms with Crippen LogP contribution in [0.1, 0.15) is 24.0 Å². The Morgan fingerprint density at radius 1 is 1.04 bits per heavy atom. The molecule has 1 fully saturated rings. The summed E-state index contributed by atoms with van der Waals surface area (Å²) in [6, 6.07) is 5.18. The number of piperazine rings is 1. The SMILES string of the molecule is CN=C(NCCCCN1CCN(C)CC1)NCc1ccc(C(F)(F)F)cc1.I. The van der Waals surface area contributed by atoms with Crippen LogP contribution in [0.4, 0.5) is 13.2 Å². The molecule has 5 nitrogen and oxygen atoms in total. The molecule has 0 amide bonds. The van der Waals surface area contributed by atoms with Crippen molar-refractivity contribution in [3.63, 3.8) is 0 Å². The Balaban J connectivity index is 0.00000392. The van der Waals surface area contributed by atoms with E-state index in [0.717, 1.165) is 69.8 Å². The van der Waals surface area contributed by atoms with Gasteiger partial charge < -0.3 is 20.4 Å². The minimum Gasteiger partial charge on any atom is -0.356 e. The Labute approximate surface area is 182 Å². The third kappa shape index (κ3) is 8.95. The van der Waals surface area contributed by atoms with E-state index in [1.54, 1.807) is 7.05 Å². The number of hydrogen-bond donors (Lipinski definition) is 2. The van der Waals surface area contributed by atoms with Gasteiger partial charge in [0.1, 0.15) is 0 Å². The van der Waals surface area contributed by atoms with Gasteiger partial charge in [0.15, 0.2) is 5.96 Å². The van der Waals surface area contributed by atoms with Crippen LogP contribution in [0.25, 0.3) is 0 Å². The maximum atomic E-state index is 12.6. The van der Waals surface area contributed by atoms with Gasteiger partial charge in [-0.05, 0) is 44.1 Å². The number of halogens is 4. The molecule has 1 heterocycles. The average Bonchev–Trinajstić information content (AvgIpc) is 2.65. The molecule has 1 aliphatic heterocycles. The highest BCUT2D eigenvalue weighted by Gasteiger charge is 2.29. The first-order valence-corrected chi connectivity index (χ1v) is 9.40. The van der Waals surface area contributed by atoms with Gasteiger partial charge in [0.2, 0.25) is 0 Å². The molecule has 2 rings (SSSR count). The molecule has 0 bridgehead atoms. The summed E-state index contributed by atoms with van der Waals surface area (Å²) in [6.45, 7) is 6.92. The average molecular weight is 513 g/mol. The molecule has 160 valence electrons. The van der Waals surface area contributed by atoms with Crippen LogP contribution in [-0.2, 0) is 12.7 Å². The summed E-state index contributed by atoms with van der Waals surface area (Å²) in [6.07, 6.45) is -2.12. The lowest BCUT2D eigenvalue weighted by molar-refractivity contribution is -0.137. The van der Waals surface area contributed by atoms with Crippen LogP contribution >= 0.6 is 24.0 Å². The largest absolute Gasteiger partial charge is 0.416 e. The highest BCUT2D eigenvalue weighted by Crippen LogP contribution is 2.28. The van der Waals surface area contributed by atoms with Crippen molar-refractivity contribution in [3.8, 4) is 0 Å². The van der Waals surface area contributed by atoms with E-state index in [2.05, 4.69) is 32.5 Å². The summed E-state index contributed by atoms with van der Waals surface area (Å²) in [5.74, 6) is 0.662. The summed E-state index contributed by atoms with van der Waals surface area (Å²) in [5, 5.41) is 6.38. The molecule has 1 aromatic carbocycles. The van der Waals surface area contributed by atoms with Crippen LogP contribution in [0.15, 0.2) is 29.3 Å². The molecule has 0 spiro atoms. The third-order valence-corrected chi connectivity index (χ3v) is 4.75. The van der Waals surface area contributed by atoms with E-state index in [-0.39, 0.29) is 24.0 Å². The number of hydrogen-bond acceptors (Lipinski definition) is 3. The Kier molecular flexibility index (Phi) is 11.1. The molecular weight excluding hydrogens is 482 g/mol. The maximum absolute atomic E-state index is 12.6. The molecule has 9 heteroatoms. The molecule has 2 N–H and O–H groups in total. The van der Waals surface area contributed by atoms with Crippen LogP contribution in [0.3, 0.4) is 0 Å². The first-order chi connectivity index (χ1) is 12.9. The van der Waals surface area contributed by atoms with Gasteiger partial charge in [0, 0.05) is 46.3 Å². The second kappa shape index (κ2) is 12.5. The van der Waals surface area contributed by atoms with Crippen LogP contribution in [0.5, 0.6) is 0 Å². The highest BCUT2D eigenvalue weighted by atomic mass is 127. The van der Waals surface area contributed by atoms with Gasteiger partial charge in [-0.15, -0.1) is 24.0 Å². The van der Waals surface area contributed by atoms with Crippen molar-refractivity contribution in [2.45, 2.75) is 25.6 Å². The predicted molar refractivity (Wildman–Crippen MR) is 118 cm³/mol. The fraction of sp³-hybridized carbons (Fsp3) is 0.632. The molecule has 0 aromatic heterocycles. The molecule has 0 saturated carbocycles. The lowest BCUT2D eigenvalue weighted by Crippen LogP contribution is -2.44. The molecule has 0 atom stereocenters. The van der Waals surface area contributed by atoms with E-state index in [0.29, 0.717) is 12.5 Å². The number of aliphatic imine (C=N–C) groups is 1. The molecule has 1 aromatic rings. The Morgan fingerprint density at radius 3 is 2.25 bits per heavy atom. The molecule has 28 heavy (non-hydrogen) atoms. The first-order valence-electron chi connectivity index (χ1n) is 9.40. The van der Waals surface area contributed by atoms with E-state index in [1.807, 2.05) is 0 Å². The Hall–Kier alpha value is -1.07. The maximum Gasteiger partial charge on any atom is 0.416 e. The van der Waals surface area contributed by atoms with Crippen LogP contribution in [-0.4, -0.2) is 69.1 Å². The van der Waals surface area contributed by atoms with Crippen molar-refractivity contribution in [2.75, 3.05) is 53.4 Å². The number of guanidine groups is 1.